The molecule has 0 aliphatic heterocycles. The second-order valence-electron chi connectivity index (χ2n) is 6.55. The van der Waals surface area contributed by atoms with Crippen LogP contribution in [0.4, 0.5) is 4.39 Å². The number of nitrogens with zero attached hydrogens (tertiary/aromatic N) is 1. The Morgan fingerprint density at radius 1 is 1.32 bits per heavy atom. The van der Waals surface area contributed by atoms with E-state index in [4.69, 9.17) is 5.73 Å². The Hall–Kier alpha value is -0.940. The summed E-state index contributed by atoms with van der Waals surface area (Å²) in [7, 11) is 0. The molecule has 2 fully saturated rings. The van der Waals surface area contributed by atoms with Gasteiger partial charge in [0.1, 0.15) is 5.82 Å². The van der Waals surface area contributed by atoms with E-state index in [1.807, 2.05) is 4.90 Å². The third-order valence-corrected chi connectivity index (χ3v) is 5.30. The van der Waals surface area contributed by atoms with Gasteiger partial charge in [-0.1, -0.05) is 22.4 Å². The van der Waals surface area contributed by atoms with Crippen molar-refractivity contribution in [3.63, 3.8) is 0 Å². The molecule has 5 heteroatoms. The Morgan fingerprint density at radius 3 is 2.73 bits per heavy atom. The highest BCUT2D eigenvalue weighted by Crippen LogP contribution is 2.33. The SMILES string of the molecule is N[C@@H]1CCC[C@H]1CC(=O)N(Cc1cc(Br)ccc1F)C1CC1. The van der Waals surface area contributed by atoms with Gasteiger partial charge in [0.05, 0.1) is 0 Å². The predicted octanol–water partition coefficient (Wildman–Crippen LogP) is 3.60. The van der Waals surface area contributed by atoms with E-state index in [0.717, 1.165) is 36.6 Å². The number of hydrogen-bond donors (Lipinski definition) is 1. The molecule has 2 saturated carbocycles. The third kappa shape index (κ3) is 3.69. The number of amides is 1. The molecule has 0 unspecified atom stereocenters. The number of halogens is 2. The van der Waals surface area contributed by atoms with Crippen LogP contribution in [0.3, 0.4) is 0 Å². The van der Waals surface area contributed by atoms with E-state index in [1.165, 1.54) is 6.07 Å². The third-order valence-electron chi connectivity index (χ3n) is 4.81. The van der Waals surface area contributed by atoms with Crippen LogP contribution >= 0.6 is 15.9 Å². The second-order valence-corrected chi connectivity index (χ2v) is 7.46. The number of benzene rings is 1. The van der Waals surface area contributed by atoms with Crippen LogP contribution in [0.5, 0.6) is 0 Å². The number of hydrogen-bond acceptors (Lipinski definition) is 2. The van der Waals surface area contributed by atoms with Crippen LogP contribution in [-0.2, 0) is 11.3 Å². The topological polar surface area (TPSA) is 46.3 Å². The van der Waals surface area contributed by atoms with Crippen molar-refractivity contribution in [2.45, 2.75) is 57.2 Å². The molecule has 2 aliphatic carbocycles. The maximum atomic E-state index is 14.0. The van der Waals surface area contributed by atoms with Gasteiger partial charge in [0, 0.05) is 35.1 Å². The maximum absolute atomic E-state index is 14.0. The summed E-state index contributed by atoms with van der Waals surface area (Å²) < 4.78 is 14.8. The summed E-state index contributed by atoms with van der Waals surface area (Å²) in [6.07, 6.45) is 5.73. The van der Waals surface area contributed by atoms with Crippen LogP contribution in [-0.4, -0.2) is 22.9 Å². The highest BCUT2D eigenvalue weighted by molar-refractivity contribution is 9.10. The second kappa shape index (κ2) is 6.67. The Balaban J connectivity index is 1.69. The van der Waals surface area contributed by atoms with Crippen molar-refractivity contribution >= 4 is 21.8 Å². The standard InChI is InChI=1S/C17H22BrFN2O/c18-13-4-7-15(19)12(8-13)10-21(14-5-6-14)17(22)9-11-2-1-3-16(11)20/h4,7-8,11,14,16H,1-3,5-6,9-10,20H2/t11-,16+/m0/s1. The van der Waals surface area contributed by atoms with E-state index >= 15 is 0 Å². The minimum absolute atomic E-state index is 0.129. The molecule has 3 rings (SSSR count). The molecule has 0 radical (unpaired) electrons. The minimum Gasteiger partial charge on any atom is -0.335 e. The number of carbonyl (C=O) groups excluding carboxylic acids is 1. The van der Waals surface area contributed by atoms with Crippen molar-refractivity contribution in [3.05, 3.63) is 34.1 Å². The molecule has 0 saturated heterocycles. The van der Waals surface area contributed by atoms with Crippen LogP contribution < -0.4 is 5.73 Å². The molecule has 1 aromatic carbocycles. The van der Waals surface area contributed by atoms with Crippen molar-refractivity contribution in [2.75, 3.05) is 0 Å². The first-order valence-electron chi connectivity index (χ1n) is 8.03. The molecule has 1 amide bonds. The molecule has 2 atom stereocenters. The van der Waals surface area contributed by atoms with Gasteiger partial charge in [-0.05, 0) is 49.8 Å². The highest BCUT2D eigenvalue weighted by atomic mass is 79.9. The fraction of sp³-hybridized carbons (Fsp3) is 0.588. The Kier molecular flexibility index (Phi) is 4.83. The van der Waals surface area contributed by atoms with E-state index in [2.05, 4.69) is 15.9 Å². The molecule has 0 bridgehead atoms. The van der Waals surface area contributed by atoms with Gasteiger partial charge in [0.15, 0.2) is 0 Å². The quantitative estimate of drug-likeness (QED) is 0.862. The minimum atomic E-state index is -0.251. The van der Waals surface area contributed by atoms with E-state index in [0.29, 0.717) is 24.4 Å². The van der Waals surface area contributed by atoms with Gasteiger partial charge in [-0.25, -0.2) is 4.39 Å². The molecule has 0 heterocycles. The van der Waals surface area contributed by atoms with Crippen LogP contribution in [0.25, 0.3) is 0 Å². The largest absolute Gasteiger partial charge is 0.335 e. The number of carbonyl (C=O) groups is 1. The summed E-state index contributed by atoms with van der Waals surface area (Å²) in [4.78, 5) is 14.5. The van der Waals surface area contributed by atoms with Gasteiger partial charge in [-0.3, -0.25) is 4.79 Å². The summed E-state index contributed by atoms with van der Waals surface area (Å²) >= 11 is 3.37. The van der Waals surface area contributed by atoms with Gasteiger partial charge < -0.3 is 10.6 Å². The van der Waals surface area contributed by atoms with Crippen molar-refractivity contribution in [1.29, 1.82) is 0 Å². The molecule has 120 valence electrons. The zero-order valence-electron chi connectivity index (χ0n) is 12.6. The Labute approximate surface area is 139 Å². The van der Waals surface area contributed by atoms with Gasteiger partial charge in [-0.2, -0.15) is 0 Å². The smallest absolute Gasteiger partial charge is 0.223 e. The summed E-state index contributed by atoms with van der Waals surface area (Å²) in [5.41, 5.74) is 6.65. The highest BCUT2D eigenvalue weighted by Gasteiger charge is 2.35. The zero-order chi connectivity index (χ0) is 15.7. The lowest BCUT2D eigenvalue weighted by molar-refractivity contribution is -0.133. The molecule has 1 aromatic rings. The van der Waals surface area contributed by atoms with E-state index in [-0.39, 0.29) is 23.8 Å². The van der Waals surface area contributed by atoms with Crippen molar-refractivity contribution in [2.24, 2.45) is 11.7 Å². The molecule has 2 N–H and O–H groups in total. The average Bonchev–Trinajstić information content (AvgIpc) is 3.24. The Morgan fingerprint density at radius 2 is 2.09 bits per heavy atom. The summed E-state index contributed by atoms with van der Waals surface area (Å²) in [5, 5.41) is 0. The van der Waals surface area contributed by atoms with Crippen LogP contribution in [0, 0.1) is 11.7 Å². The van der Waals surface area contributed by atoms with Gasteiger partial charge in [0.25, 0.3) is 0 Å². The first-order chi connectivity index (χ1) is 10.5. The van der Waals surface area contributed by atoms with Crippen LogP contribution in [0.1, 0.15) is 44.1 Å². The first-order valence-corrected chi connectivity index (χ1v) is 8.83. The summed E-state index contributed by atoms with van der Waals surface area (Å²) in [6, 6.07) is 5.32. The predicted molar refractivity (Wildman–Crippen MR) is 87.6 cm³/mol. The molecule has 22 heavy (non-hydrogen) atoms. The number of rotatable bonds is 5. The van der Waals surface area contributed by atoms with Crippen molar-refractivity contribution < 1.29 is 9.18 Å². The van der Waals surface area contributed by atoms with E-state index in [9.17, 15) is 9.18 Å². The normalized spacial score (nSPS) is 24.5. The van der Waals surface area contributed by atoms with Gasteiger partial charge >= 0.3 is 0 Å². The lowest BCUT2D eigenvalue weighted by Gasteiger charge is -2.25. The molecular weight excluding hydrogens is 347 g/mol. The molecule has 0 spiro atoms. The van der Waals surface area contributed by atoms with Crippen molar-refractivity contribution in [1.82, 2.24) is 4.90 Å². The molecule has 3 nitrogen and oxygen atoms in total. The zero-order valence-corrected chi connectivity index (χ0v) is 14.2. The lowest BCUT2D eigenvalue weighted by atomic mass is 9.99. The fourth-order valence-corrected chi connectivity index (χ4v) is 3.72. The average molecular weight is 369 g/mol. The fourth-order valence-electron chi connectivity index (χ4n) is 3.32. The van der Waals surface area contributed by atoms with Gasteiger partial charge in [-0.15, -0.1) is 0 Å². The number of nitrogens with two attached hydrogens (primary N) is 1. The van der Waals surface area contributed by atoms with Crippen molar-refractivity contribution in [3.8, 4) is 0 Å². The van der Waals surface area contributed by atoms with E-state index in [1.54, 1.807) is 12.1 Å². The molecule has 0 aromatic heterocycles. The van der Waals surface area contributed by atoms with E-state index < -0.39 is 0 Å². The maximum Gasteiger partial charge on any atom is 0.223 e. The molecule has 2 aliphatic rings. The first kappa shape index (κ1) is 15.9. The summed E-state index contributed by atoms with van der Waals surface area (Å²) in [6.45, 7) is 0.358. The van der Waals surface area contributed by atoms with Crippen LogP contribution in [0.2, 0.25) is 0 Å². The molecular formula is C17H22BrFN2O. The van der Waals surface area contributed by atoms with Crippen LogP contribution in [0.15, 0.2) is 22.7 Å². The van der Waals surface area contributed by atoms with Gasteiger partial charge in [0.2, 0.25) is 5.91 Å². The summed E-state index contributed by atoms with van der Waals surface area (Å²) in [5.74, 6) is 0.171. The lowest BCUT2D eigenvalue weighted by Crippen LogP contribution is -2.36. The monoisotopic (exact) mass is 368 g/mol. The Bertz CT molecular complexity index is 562.